The number of fused-ring (bicyclic) bond motifs is 1. The number of methoxy groups -OCH3 is 2. The summed E-state index contributed by atoms with van der Waals surface area (Å²) in [6, 6.07) is 11.7. The van der Waals surface area contributed by atoms with Crippen LogP contribution in [-0.2, 0) is 15.9 Å². The lowest BCUT2D eigenvalue weighted by atomic mass is 10.1. The van der Waals surface area contributed by atoms with E-state index in [9.17, 15) is 14.4 Å². The van der Waals surface area contributed by atoms with Crippen LogP contribution in [0.5, 0.6) is 11.5 Å². The van der Waals surface area contributed by atoms with Crippen LogP contribution in [0.1, 0.15) is 47.1 Å². The molecule has 0 unspecified atom stereocenters. The lowest BCUT2D eigenvalue weighted by molar-refractivity contribution is 0.0592. The minimum Gasteiger partial charge on any atom is -0.465 e. The molecule has 0 aliphatic carbocycles. The standard InChI is InChI=1S/C24H21NO7S/c1-13-19(11-14-4-9-17-18(10-14)32-12-31-17)33-22(20(13)24(28)30-3)25-21(26)15-5-7-16(8-6-15)23(27)29-2/h4-10H,11-12H2,1-3H3,(H,25,26). The summed E-state index contributed by atoms with van der Waals surface area (Å²) in [5.41, 5.74) is 2.71. The number of hydrogen-bond donors (Lipinski definition) is 1. The average Bonchev–Trinajstić information content (AvgIpc) is 3.42. The van der Waals surface area contributed by atoms with Crippen LogP contribution in [-0.4, -0.2) is 38.9 Å². The molecule has 4 rings (SSSR count). The van der Waals surface area contributed by atoms with Crippen molar-refractivity contribution >= 4 is 34.2 Å². The van der Waals surface area contributed by atoms with Crippen LogP contribution in [0.2, 0.25) is 0 Å². The molecule has 0 saturated heterocycles. The Kier molecular flexibility index (Phi) is 6.32. The normalized spacial score (nSPS) is 11.7. The van der Waals surface area contributed by atoms with E-state index in [1.807, 2.05) is 25.1 Å². The second-order valence-electron chi connectivity index (χ2n) is 7.23. The molecule has 1 aromatic heterocycles. The number of carbonyl (C=O) groups excluding carboxylic acids is 3. The first-order valence-corrected chi connectivity index (χ1v) is 10.8. The smallest absolute Gasteiger partial charge is 0.341 e. The molecule has 2 heterocycles. The molecule has 3 aromatic rings. The van der Waals surface area contributed by atoms with Gasteiger partial charge in [-0.3, -0.25) is 4.79 Å². The summed E-state index contributed by atoms with van der Waals surface area (Å²) in [6.45, 7) is 2.02. The van der Waals surface area contributed by atoms with Gasteiger partial charge < -0.3 is 24.3 Å². The van der Waals surface area contributed by atoms with Crippen LogP contribution in [0.25, 0.3) is 0 Å². The Balaban J connectivity index is 1.60. The zero-order valence-electron chi connectivity index (χ0n) is 18.2. The number of anilines is 1. The quantitative estimate of drug-likeness (QED) is 0.542. The van der Waals surface area contributed by atoms with Crippen LogP contribution in [0.3, 0.4) is 0 Å². The Hall–Kier alpha value is -3.85. The highest BCUT2D eigenvalue weighted by atomic mass is 32.1. The Bertz CT molecular complexity index is 1230. The Morgan fingerprint density at radius 3 is 2.30 bits per heavy atom. The van der Waals surface area contributed by atoms with E-state index in [2.05, 4.69) is 10.1 Å². The molecule has 0 spiro atoms. The largest absolute Gasteiger partial charge is 0.465 e. The van der Waals surface area contributed by atoms with Gasteiger partial charge in [-0.05, 0) is 54.4 Å². The maximum absolute atomic E-state index is 12.8. The van der Waals surface area contributed by atoms with Gasteiger partial charge in [0.2, 0.25) is 6.79 Å². The summed E-state index contributed by atoms with van der Waals surface area (Å²) in [4.78, 5) is 37.8. The van der Waals surface area contributed by atoms with E-state index in [-0.39, 0.29) is 6.79 Å². The predicted molar refractivity (Wildman–Crippen MR) is 122 cm³/mol. The van der Waals surface area contributed by atoms with Crippen molar-refractivity contribution in [1.82, 2.24) is 0 Å². The summed E-state index contributed by atoms with van der Waals surface area (Å²) < 4.78 is 20.4. The van der Waals surface area contributed by atoms with Crippen molar-refractivity contribution in [1.29, 1.82) is 0 Å². The second kappa shape index (κ2) is 9.33. The van der Waals surface area contributed by atoms with Gasteiger partial charge >= 0.3 is 11.9 Å². The monoisotopic (exact) mass is 467 g/mol. The van der Waals surface area contributed by atoms with E-state index in [0.29, 0.717) is 39.6 Å². The summed E-state index contributed by atoms with van der Waals surface area (Å²) >= 11 is 1.31. The molecule has 9 heteroatoms. The fraction of sp³-hybridized carbons (Fsp3) is 0.208. The third-order valence-electron chi connectivity index (χ3n) is 5.23. The van der Waals surface area contributed by atoms with Gasteiger partial charge in [0.1, 0.15) is 5.00 Å². The van der Waals surface area contributed by atoms with Gasteiger partial charge in [-0.1, -0.05) is 6.07 Å². The van der Waals surface area contributed by atoms with Gasteiger partial charge in [0.15, 0.2) is 11.5 Å². The Morgan fingerprint density at radius 1 is 0.939 bits per heavy atom. The molecule has 0 saturated carbocycles. The minimum atomic E-state index is -0.531. The van der Waals surface area contributed by atoms with Crippen LogP contribution in [0, 0.1) is 6.92 Å². The van der Waals surface area contributed by atoms with E-state index in [1.165, 1.54) is 49.8 Å². The first-order chi connectivity index (χ1) is 15.9. The van der Waals surface area contributed by atoms with Crippen molar-refractivity contribution in [2.24, 2.45) is 0 Å². The molecule has 1 aliphatic rings. The average molecular weight is 467 g/mol. The molecular formula is C24H21NO7S. The van der Waals surface area contributed by atoms with Crippen LogP contribution >= 0.6 is 11.3 Å². The molecule has 8 nitrogen and oxygen atoms in total. The zero-order valence-corrected chi connectivity index (χ0v) is 19.0. The number of amides is 1. The Morgan fingerprint density at radius 2 is 1.61 bits per heavy atom. The minimum absolute atomic E-state index is 0.195. The van der Waals surface area contributed by atoms with E-state index in [0.717, 1.165) is 16.0 Å². The van der Waals surface area contributed by atoms with E-state index in [1.54, 1.807) is 0 Å². The summed E-state index contributed by atoms with van der Waals surface area (Å²) in [6.07, 6.45) is 0.542. The van der Waals surface area contributed by atoms with E-state index in [4.69, 9.17) is 14.2 Å². The first kappa shape index (κ1) is 22.3. The van der Waals surface area contributed by atoms with Gasteiger partial charge in [-0.15, -0.1) is 11.3 Å². The van der Waals surface area contributed by atoms with Crippen molar-refractivity contribution in [3.05, 3.63) is 75.2 Å². The Labute approximate surface area is 194 Å². The van der Waals surface area contributed by atoms with Gasteiger partial charge in [-0.2, -0.15) is 0 Å². The molecule has 33 heavy (non-hydrogen) atoms. The number of carbonyl (C=O) groups is 3. The molecule has 0 fully saturated rings. The first-order valence-electron chi connectivity index (χ1n) is 10.00. The number of benzene rings is 2. The van der Waals surface area contributed by atoms with Crippen molar-refractivity contribution in [3.8, 4) is 11.5 Å². The zero-order chi connectivity index (χ0) is 23.5. The second-order valence-corrected chi connectivity index (χ2v) is 8.34. The fourth-order valence-corrected chi connectivity index (χ4v) is 4.67. The highest BCUT2D eigenvalue weighted by Crippen LogP contribution is 2.37. The lowest BCUT2D eigenvalue weighted by Crippen LogP contribution is -2.14. The maximum atomic E-state index is 12.8. The maximum Gasteiger partial charge on any atom is 0.341 e. The van der Waals surface area contributed by atoms with Crippen molar-refractivity contribution in [2.75, 3.05) is 26.3 Å². The molecule has 0 bridgehead atoms. The number of hydrogen-bond acceptors (Lipinski definition) is 8. The SMILES string of the molecule is COC(=O)c1ccc(C(=O)Nc2sc(Cc3ccc4c(c3)OCO4)c(C)c2C(=O)OC)cc1. The van der Waals surface area contributed by atoms with E-state index < -0.39 is 17.8 Å². The van der Waals surface area contributed by atoms with Crippen LogP contribution < -0.4 is 14.8 Å². The summed E-state index contributed by atoms with van der Waals surface area (Å²) in [5, 5.41) is 3.21. The molecule has 170 valence electrons. The van der Waals surface area contributed by atoms with Crippen LogP contribution in [0.15, 0.2) is 42.5 Å². The third kappa shape index (κ3) is 4.54. The predicted octanol–water partition coefficient (Wildman–Crippen LogP) is 4.20. The number of ether oxygens (including phenoxy) is 4. The highest BCUT2D eigenvalue weighted by Gasteiger charge is 2.24. The molecular weight excluding hydrogens is 446 g/mol. The molecule has 1 aliphatic heterocycles. The number of rotatable bonds is 6. The number of nitrogens with one attached hydrogen (secondary N) is 1. The number of thiophene rings is 1. The molecule has 0 radical (unpaired) electrons. The van der Waals surface area contributed by atoms with E-state index >= 15 is 0 Å². The third-order valence-corrected chi connectivity index (χ3v) is 6.44. The van der Waals surface area contributed by atoms with Gasteiger partial charge in [-0.25, -0.2) is 9.59 Å². The lowest BCUT2D eigenvalue weighted by Gasteiger charge is -2.07. The highest BCUT2D eigenvalue weighted by molar-refractivity contribution is 7.17. The van der Waals surface area contributed by atoms with Crippen LogP contribution in [0.4, 0.5) is 5.00 Å². The van der Waals surface area contributed by atoms with Gasteiger partial charge in [0.25, 0.3) is 5.91 Å². The summed E-state index contributed by atoms with van der Waals surface area (Å²) in [5.74, 6) is -0.0525. The van der Waals surface area contributed by atoms with Gasteiger partial charge in [0.05, 0.1) is 25.3 Å². The van der Waals surface area contributed by atoms with Crippen molar-refractivity contribution in [3.63, 3.8) is 0 Å². The van der Waals surface area contributed by atoms with Crippen molar-refractivity contribution < 1.29 is 33.3 Å². The van der Waals surface area contributed by atoms with Gasteiger partial charge in [0, 0.05) is 16.9 Å². The topological polar surface area (TPSA) is 100 Å². The number of esters is 2. The van der Waals surface area contributed by atoms with Crippen molar-refractivity contribution in [2.45, 2.75) is 13.3 Å². The molecule has 1 amide bonds. The molecule has 0 atom stereocenters. The molecule has 2 aromatic carbocycles. The fourth-order valence-electron chi connectivity index (χ4n) is 3.45. The molecule has 1 N–H and O–H groups in total. The summed E-state index contributed by atoms with van der Waals surface area (Å²) in [7, 11) is 2.59.